The zero-order chi connectivity index (χ0) is 15.1. The maximum Gasteiger partial charge on any atom is 0.311 e. The van der Waals surface area contributed by atoms with Crippen LogP contribution in [0.4, 0.5) is 17.3 Å². The van der Waals surface area contributed by atoms with E-state index in [1.165, 1.54) is 6.07 Å². The third-order valence-corrected chi connectivity index (χ3v) is 3.37. The van der Waals surface area contributed by atoms with E-state index in [1.807, 2.05) is 0 Å². The van der Waals surface area contributed by atoms with Crippen molar-refractivity contribution in [1.29, 1.82) is 0 Å². The smallest absolute Gasteiger partial charge is 0.311 e. The quantitative estimate of drug-likeness (QED) is 0.443. The molecular formula is C13H21N5O3. The third-order valence-electron chi connectivity index (χ3n) is 3.37. The van der Waals surface area contributed by atoms with Gasteiger partial charge in [0.1, 0.15) is 5.82 Å². The lowest BCUT2D eigenvalue weighted by Crippen LogP contribution is -2.37. The van der Waals surface area contributed by atoms with Crippen molar-refractivity contribution in [1.82, 2.24) is 9.88 Å². The van der Waals surface area contributed by atoms with Gasteiger partial charge in [0, 0.05) is 32.7 Å². The van der Waals surface area contributed by atoms with Crippen molar-refractivity contribution in [3.05, 3.63) is 22.2 Å². The van der Waals surface area contributed by atoms with Gasteiger partial charge in [-0.15, -0.1) is 0 Å². The van der Waals surface area contributed by atoms with Gasteiger partial charge in [-0.25, -0.2) is 4.98 Å². The first-order valence-corrected chi connectivity index (χ1v) is 7.08. The number of nitro groups is 1. The average Bonchev–Trinajstić information content (AvgIpc) is 2.52. The second-order valence-electron chi connectivity index (χ2n) is 4.81. The first-order chi connectivity index (χ1) is 10.2. The summed E-state index contributed by atoms with van der Waals surface area (Å²) < 4.78 is 5.29. The normalized spacial score (nSPS) is 15.7. The number of nitrogens with zero attached hydrogens (tertiary/aromatic N) is 3. The first kappa shape index (κ1) is 15.5. The molecule has 0 amide bonds. The summed E-state index contributed by atoms with van der Waals surface area (Å²) in [6.45, 7) is 5.07. The Kier molecular flexibility index (Phi) is 5.70. The number of hydrogen-bond acceptors (Lipinski definition) is 7. The highest BCUT2D eigenvalue weighted by Crippen LogP contribution is 2.23. The Hall–Kier alpha value is -1.93. The summed E-state index contributed by atoms with van der Waals surface area (Å²) in [4.78, 5) is 17.1. The van der Waals surface area contributed by atoms with Gasteiger partial charge in [-0.3, -0.25) is 15.0 Å². The predicted octanol–water partition coefficient (Wildman–Crippen LogP) is 1.17. The maximum atomic E-state index is 11.0. The van der Waals surface area contributed by atoms with Crippen molar-refractivity contribution in [2.45, 2.75) is 6.42 Å². The Labute approximate surface area is 123 Å². The van der Waals surface area contributed by atoms with Crippen LogP contribution in [0.1, 0.15) is 6.42 Å². The summed E-state index contributed by atoms with van der Waals surface area (Å²) in [6, 6.07) is 3.06. The van der Waals surface area contributed by atoms with Crippen molar-refractivity contribution in [3.8, 4) is 0 Å². The molecule has 1 aromatic rings. The minimum absolute atomic E-state index is 0.000345. The van der Waals surface area contributed by atoms with Crippen molar-refractivity contribution in [3.63, 3.8) is 0 Å². The molecule has 0 bridgehead atoms. The molecule has 8 nitrogen and oxygen atoms in total. The topological polar surface area (TPSA) is 92.6 Å². The minimum atomic E-state index is -0.420. The van der Waals surface area contributed by atoms with E-state index in [-0.39, 0.29) is 5.69 Å². The molecule has 1 aromatic heterocycles. The lowest BCUT2D eigenvalue weighted by molar-refractivity contribution is -0.384. The average molecular weight is 295 g/mol. The van der Waals surface area contributed by atoms with Gasteiger partial charge < -0.3 is 15.4 Å². The molecule has 2 rings (SSSR count). The number of aromatic nitrogens is 1. The Morgan fingerprint density at radius 1 is 1.43 bits per heavy atom. The van der Waals surface area contributed by atoms with E-state index in [0.29, 0.717) is 18.2 Å². The second kappa shape index (κ2) is 7.75. The summed E-state index contributed by atoms with van der Waals surface area (Å²) in [5, 5.41) is 16.9. The molecule has 0 aromatic carbocycles. The molecule has 0 unspecified atom stereocenters. The van der Waals surface area contributed by atoms with Crippen LogP contribution < -0.4 is 10.6 Å². The highest BCUT2D eigenvalue weighted by molar-refractivity contribution is 5.60. The van der Waals surface area contributed by atoms with E-state index in [2.05, 4.69) is 20.5 Å². The Morgan fingerprint density at radius 3 is 2.86 bits per heavy atom. The van der Waals surface area contributed by atoms with E-state index < -0.39 is 4.92 Å². The van der Waals surface area contributed by atoms with Crippen molar-refractivity contribution >= 4 is 17.3 Å². The molecular weight excluding hydrogens is 274 g/mol. The third kappa shape index (κ3) is 4.54. The summed E-state index contributed by atoms with van der Waals surface area (Å²) in [6.07, 6.45) is 0.905. The van der Waals surface area contributed by atoms with Gasteiger partial charge in [-0.1, -0.05) is 0 Å². The van der Waals surface area contributed by atoms with Crippen molar-refractivity contribution in [2.75, 3.05) is 57.1 Å². The number of hydrogen-bond donors (Lipinski definition) is 2. The van der Waals surface area contributed by atoms with Crippen LogP contribution in [0.5, 0.6) is 0 Å². The second-order valence-corrected chi connectivity index (χ2v) is 4.81. The highest BCUT2D eigenvalue weighted by atomic mass is 16.6. The van der Waals surface area contributed by atoms with Crippen LogP contribution in [-0.2, 0) is 4.74 Å². The monoisotopic (exact) mass is 295 g/mol. The Bertz CT molecular complexity index is 477. The van der Waals surface area contributed by atoms with Gasteiger partial charge >= 0.3 is 5.69 Å². The molecule has 1 fully saturated rings. The number of rotatable bonds is 7. The van der Waals surface area contributed by atoms with Crippen LogP contribution in [-0.4, -0.2) is 61.2 Å². The van der Waals surface area contributed by atoms with E-state index in [1.54, 1.807) is 13.1 Å². The first-order valence-electron chi connectivity index (χ1n) is 7.08. The number of pyridine rings is 1. The maximum absolute atomic E-state index is 11.0. The van der Waals surface area contributed by atoms with E-state index in [0.717, 1.165) is 39.3 Å². The van der Waals surface area contributed by atoms with E-state index >= 15 is 0 Å². The largest absolute Gasteiger partial charge is 0.379 e. The molecule has 2 heterocycles. The molecule has 0 spiro atoms. The lowest BCUT2D eigenvalue weighted by atomic mass is 10.3. The summed E-state index contributed by atoms with van der Waals surface area (Å²) >= 11 is 0. The Balaban J connectivity index is 1.84. The van der Waals surface area contributed by atoms with Crippen molar-refractivity contribution in [2.24, 2.45) is 0 Å². The summed E-state index contributed by atoms with van der Waals surface area (Å²) in [5.74, 6) is 0.921. The van der Waals surface area contributed by atoms with Crippen LogP contribution in [0.25, 0.3) is 0 Å². The molecule has 2 N–H and O–H groups in total. The molecule has 0 saturated carbocycles. The molecule has 21 heavy (non-hydrogen) atoms. The molecule has 116 valence electrons. The standard InChI is InChI=1S/C13H21N5O3/c1-14-12-4-3-11(18(19)20)13(16-12)15-5-2-6-17-7-9-21-10-8-17/h3-4H,2,5-10H2,1H3,(H2,14,15,16). The number of anilines is 2. The molecule has 1 saturated heterocycles. The minimum Gasteiger partial charge on any atom is -0.379 e. The SMILES string of the molecule is CNc1ccc([N+](=O)[O-])c(NCCCN2CCOCC2)n1. The van der Waals surface area contributed by atoms with Crippen molar-refractivity contribution < 1.29 is 9.66 Å². The van der Waals surface area contributed by atoms with Crippen LogP contribution >= 0.6 is 0 Å². The fourth-order valence-electron chi connectivity index (χ4n) is 2.20. The molecule has 0 radical (unpaired) electrons. The lowest BCUT2D eigenvalue weighted by Gasteiger charge is -2.26. The summed E-state index contributed by atoms with van der Waals surface area (Å²) in [7, 11) is 1.73. The van der Waals surface area contributed by atoms with Gasteiger partial charge in [0.15, 0.2) is 0 Å². The van der Waals surface area contributed by atoms with Gasteiger partial charge in [-0.2, -0.15) is 0 Å². The van der Waals surface area contributed by atoms with Gasteiger partial charge in [0.05, 0.1) is 18.1 Å². The number of ether oxygens (including phenoxy) is 1. The fraction of sp³-hybridized carbons (Fsp3) is 0.615. The van der Waals surface area contributed by atoms with E-state index in [4.69, 9.17) is 4.74 Å². The zero-order valence-electron chi connectivity index (χ0n) is 12.2. The number of nitrogens with one attached hydrogen (secondary N) is 2. The molecule has 8 heteroatoms. The molecule has 1 aliphatic rings. The van der Waals surface area contributed by atoms with Gasteiger partial charge in [-0.05, 0) is 19.0 Å². The molecule has 0 atom stereocenters. The Morgan fingerprint density at radius 2 is 2.19 bits per heavy atom. The number of morpholine rings is 1. The fourth-order valence-corrected chi connectivity index (χ4v) is 2.20. The summed E-state index contributed by atoms with van der Waals surface area (Å²) in [5.41, 5.74) is 0.000345. The highest BCUT2D eigenvalue weighted by Gasteiger charge is 2.15. The molecule has 1 aliphatic heterocycles. The van der Waals surface area contributed by atoms with Crippen LogP contribution in [0.2, 0.25) is 0 Å². The van der Waals surface area contributed by atoms with Gasteiger partial charge in [0.25, 0.3) is 0 Å². The van der Waals surface area contributed by atoms with Crippen LogP contribution in [0, 0.1) is 10.1 Å². The van der Waals surface area contributed by atoms with E-state index in [9.17, 15) is 10.1 Å². The van der Waals surface area contributed by atoms with Crippen LogP contribution in [0.15, 0.2) is 12.1 Å². The predicted molar refractivity (Wildman–Crippen MR) is 80.8 cm³/mol. The van der Waals surface area contributed by atoms with Crippen LogP contribution in [0.3, 0.4) is 0 Å². The molecule has 0 aliphatic carbocycles. The zero-order valence-corrected chi connectivity index (χ0v) is 12.2. The van der Waals surface area contributed by atoms with Gasteiger partial charge in [0.2, 0.25) is 5.82 Å².